The van der Waals surface area contributed by atoms with Crippen molar-refractivity contribution in [1.29, 1.82) is 0 Å². The molecule has 0 fully saturated rings. The van der Waals surface area contributed by atoms with Crippen LogP contribution in [0.5, 0.6) is 11.5 Å². The number of carbonyl (C=O) groups excluding carboxylic acids is 2. The summed E-state index contributed by atoms with van der Waals surface area (Å²) in [5, 5.41) is 11.7. The lowest BCUT2D eigenvalue weighted by Crippen LogP contribution is -2.21. The number of amides is 2. The van der Waals surface area contributed by atoms with Crippen LogP contribution in [0.25, 0.3) is 16.2 Å². The van der Waals surface area contributed by atoms with E-state index in [0.717, 1.165) is 11.3 Å². The quantitative estimate of drug-likeness (QED) is 0.422. The number of hydrogen-bond acceptors (Lipinski definition) is 7. The van der Waals surface area contributed by atoms with Gasteiger partial charge in [0, 0.05) is 23.6 Å². The fraction of sp³-hybridized carbons (Fsp3) is 0.182. The number of carbonyl (C=O) groups is 2. The van der Waals surface area contributed by atoms with Crippen LogP contribution in [0.4, 0.5) is 11.6 Å². The van der Waals surface area contributed by atoms with Gasteiger partial charge < -0.3 is 14.8 Å². The average molecular weight is 452 g/mol. The van der Waals surface area contributed by atoms with Crippen molar-refractivity contribution in [3.63, 3.8) is 0 Å². The van der Waals surface area contributed by atoms with Gasteiger partial charge in [0.25, 0.3) is 11.9 Å². The first-order valence-corrected chi connectivity index (χ1v) is 10.8. The number of benzene rings is 2. The van der Waals surface area contributed by atoms with Crippen molar-refractivity contribution >= 4 is 39.7 Å². The van der Waals surface area contributed by atoms with Crippen LogP contribution in [0.15, 0.2) is 53.9 Å². The minimum Gasteiger partial charge on any atom is -0.490 e. The Morgan fingerprint density at radius 2 is 1.75 bits per heavy atom. The molecule has 0 atom stereocenters. The Labute approximate surface area is 188 Å². The molecule has 0 unspecified atom stereocenters. The van der Waals surface area contributed by atoms with E-state index < -0.39 is 0 Å². The molecule has 9 nitrogen and oxygen atoms in total. The van der Waals surface area contributed by atoms with Gasteiger partial charge in [-0.1, -0.05) is 24.3 Å². The van der Waals surface area contributed by atoms with Crippen molar-refractivity contribution in [2.45, 2.75) is 13.8 Å². The van der Waals surface area contributed by atoms with E-state index >= 15 is 0 Å². The molecule has 2 N–H and O–H groups in total. The average Bonchev–Trinajstić information content (AvgIpc) is 3.34. The zero-order valence-electron chi connectivity index (χ0n) is 17.5. The van der Waals surface area contributed by atoms with E-state index in [1.165, 1.54) is 18.3 Å². The van der Waals surface area contributed by atoms with E-state index in [9.17, 15) is 9.59 Å². The Morgan fingerprint density at radius 3 is 2.44 bits per heavy atom. The molecule has 4 aromatic rings. The minimum absolute atomic E-state index is 0.127. The molecule has 2 heterocycles. The van der Waals surface area contributed by atoms with E-state index in [1.54, 1.807) is 16.6 Å². The molecule has 0 aliphatic rings. The zero-order valence-corrected chi connectivity index (χ0v) is 18.3. The highest BCUT2D eigenvalue weighted by Gasteiger charge is 2.14. The van der Waals surface area contributed by atoms with Crippen LogP contribution in [0, 0.1) is 0 Å². The second-order valence-corrected chi connectivity index (χ2v) is 7.56. The molecule has 0 saturated carbocycles. The van der Waals surface area contributed by atoms with Crippen LogP contribution >= 0.6 is 11.3 Å². The maximum atomic E-state index is 12.3. The van der Waals surface area contributed by atoms with Crippen LogP contribution in [-0.2, 0) is 9.59 Å². The van der Waals surface area contributed by atoms with Crippen LogP contribution < -0.4 is 20.1 Å². The second kappa shape index (κ2) is 9.48. The predicted molar refractivity (Wildman–Crippen MR) is 122 cm³/mol. The van der Waals surface area contributed by atoms with Gasteiger partial charge in [-0.05, 0) is 31.2 Å². The fourth-order valence-electron chi connectivity index (χ4n) is 3.01. The first kappa shape index (κ1) is 21.3. The lowest BCUT2D eigenvalue weighted by atomic mass is 10.1. The second-order valence-electron chi connectivity index (χ2n) is 6.73. The van der Waals surface area contributed by atoms with Crippen molar-refractivity contribution in [2.75, 3.05) is 23.8 Å². The number of anilines is 2. The van der Waals surface area contributed by atoms with Gasteiger partial charge in [-0.3, -0.25) is 14.9 Å². The van der Waals surface area contributed by atoms with E-state index in [1.807, 2.05) is 48.7 Å². The number of thiazole rings is 1. The van der Waals surface area contributed by atoms with Gasteiger partial charge in [0.1, 0.15) is 0 Å². The number of hydrogen-bond donors (Lipinski definition) is 2. The van der Waals surface area contributed by atoms with Gasteiger partial charge in [-0.15, -0.1) is 16.4 Å². The van der Waals surface area contributed by atoms with Crippen molar-refractivity contribution in [1.82, 2.24) is 14.6 Å². The topological polar surface area (TPSA) is 107 Å². The molecule has 10 heteroatoms. The van der Waals surface area contributed by atoms with E-state index in [-0.39, 0.29) is 24.4 Å². The normalized spacial score (nSPS) is 10.7. The Hall–Kier alpha value is -3.92. The molecule has 4 rings (SSSR count). The van der Waals surface area contributed by atoms with Crippen molar-refractivity contribution < 1.29 is 19.1 Å². The largest absolute Gasteiger partial charge is 0.490 e. The molecule has 0 radical (unpaired) electrons. The zero-order chi connectivity index (χ0) is 22.5. The van der Waals surface area contributed by atoms with Crippen LogP contribution in [0.1, 0.15) is 13.8 Å². The molecule has 0 spiro atoms. The van der Waals surface area contributed by atoms with Gasteiger partial charge >= 0.3 is 0 Å². The number of nitrogens with zero attached hydrogens (tertiary/aromatic N) is 3. The monoisotopic (exact) mass is 451 g/mol. The predicted octanol–water partition coefficient (Wildman–Crippen LogP) is 3.83. The van der Waals surface area contributed by atoms with Gasteiger partial charge in [0.15, 0.2) is 18.1 Å². The molecular formula is C22H21N5O4S. The van der Waals surface area contributed by atoms with Crippen molar-refractivity contribution in [3.8, 4) is 22.8 Å². The maximum absolute atomic E-state index is 12.3. The van der Waals surface area contributed by atoms with Gasteiger partial charge in [-0.25, -0.2) is 4.52 Å². The van der Waals surface area contributed by atoms with E-state index in [2.05, 4.69) is 20.7 Å². The summed E-state index contributed by atoms with van der Waals surface area (Å²) in [4.78, 5) is 28.5. The summed E-state index contributed by atoms with van der Waals surface area (Å²) in [6.45, 7) is 3.64. The molecule has 32 heavy (non-hydrogen) atoms. The molecule has 0 aliphatic heterocycles. The first-order chi connectivity index (χ1) is 15.5. The molecule has 164 valence electrons. The summed E-state index contributed by atoms with van der Waals surface area (Å²) in [6, 6.07) is 14.6. The van der Waals surface area contributed by atoms with Crippen LogP contribution in [0.3, 0.4) is 0 Å². The van der Waals surface area contributed by atoms with Crippen LogP contribution in [-0.4, -0.2) is 39.6 Å². The molecule has 0 saturated heterocycles. The Morgan fingerprint density at radius 1 is 1.03 bits per heavy atom. The third-order valence-electron chi connectivity index (χ3n) is 4.34. The molecule has 0 aliphatic carbocycles. The van der Waals surface area contributed by atoms with Crippen molar-refractivity contribution in [3.05, 3.63) is 53.9 Å². The molecule has 2 aromatic carbocycles. The summed E-state index contributed by atoms with van der Waals surface area (Å²) in [6.07, 6.45) is 0. The maximum Gasteiger partial charge on any atom is 0.264 e. The summed E-state index contributed by atoms with van der Waals surface area (Å²) in [5.41, 5.74) is 2.45. The van der Waals surface area contributed by atoms with Gasteiger partial charge in [-0.2, -0.15) is 4.98 Å². The van der Waals surface area contributed by atoms with Gasteiger partial charge in [0.05, 0.1) is 12.3 Å². The Balaban J connectivity index is 1.43. The molecular weight excluding hydrogens is 430 g/mol. The third kappa shape index (κ3) is 4.86. The fourth-order valence-corrected chi connectivity index (χ4v) is 3.84. The number of aromatic nitrogens is 3. The summed E-state index contributed by atoms with van der Waals surface area (Å²) < 4.78 is 12.7. The van der Waals surface area contributed by atoms with E-state index in [0.29, 0.717) is 28.8 Å². The summed E-state index contributed by atoms with van der Waals surface area (Å²) >= 11 is 1.41. The first-order valence-electron chi connectivity index (χ1n) is 9.90. The van der Waals surface area contributed by atoms with E-state index in [4.69, 9.17) is 9.47 Å². The lowest BCUT2D eigenvalue weighted by Gasteiger charge is -2.10. The Bertz CT molecular complexity index is 1250. The molecule has 2 amide bonds. The number of para-hydroxylation sites is 2. The number of rotatable bonds is 8. The lowest BCUT2D eigenvalue weighted by molar-refractivity contribution is -0.118. The highest BCUT2D eigenvalue weighted by Crippen LogP contribution is 2.28. The third-order valence-corrected chi connectivity index (χ3v) is 5.16. The number of nitrogens with one attached hydrogen (secondary N) is 2. The summed E-state index contributed by atoms with van der Waals surface area (Å²) in [5.74, 6) is 0.763. The molecule has 0 bridgehead atoms. The smallest absolute Gasteiger partial charge is 0.264 e. The SMILES string of the molecule is CCOc1ccccc1OCC(=O)Nc1nc2scc(-c3ccc(NC(C)=O)cc3)n2n1. The van der Waals surface area contributed by atoms with Crippen molar-refractivity contribution in [2.24, 2.45) is 0 Å². The highest BCUT2D eigenvalue weighted by atomic mass is 32.1. The van der Waals surface area contributed by atoms with Crippen LogP contribution in [0.2, 0.25) is 0 Å². The highest BCUT2D eigenvalue weighted by molar-refractivity contribution is 7.15. The standard InChI is InChI=1S/C22H21N5O4S/c1-3-30-18-6-4-5-7-19(18)31-12-20(29)24-21-25-22-27(26-21)17(13-32-22)15-8-10-16(11-9-15)23-14(2)28/h4-11,13H,3,12H2,1-2H3,(H,23,28)(H,24,26,29). The Kier molecular flexibility index (Phi) is 6.31. The number of ether oxygens (including phenoxy) is 2. The summed E-state index contributed by atoms with van der Waals surface area (Å²) in [7, 11) is 0. The number of fused-ring (bicyclic) bond motifs is 1. The molecule has 2 aromatic heterocycles. The minimum atomic E-state index is -0.379. The van der Waals surface area contributed by atoms with Gasteiger partial charge in [0.2, 0.25) is 10.9 Å².